The minimum atomic E-state index is -0.951. The highest BCUT2D eigenvalue weighted by Gasteiger charge is 2.19. The number of para-hydroxylation sites is 2. The highest BCUT2D eigenvalue weighted by atomic mass is 16.5. The first-order valence-electron chi connectivity index (χ1n) is 9.37. The van der Waals surface area contributed by atoms with E-state index in [-0.39, 0.29) is 18.5 Å². The highest BCUT2D eigenvalue weighted by Crippen LogP contribution is 2.19. The van der Waals surface area contributed by atoms with Crippen molar-refractivity contribution in [2.45, 2.75) is 39.8 Å². The van der Waals surface area contributed by atoms with Gasteiger partial charge in [-0.3, -0.25) is 19.0 Å². The van der Waals surface area contributed by atoms with Crippen molar-refractivity contribution in [3.05, 3.63) is 70.3 Å². The molecule has 3 aromatic rings. The van der Waals surface area contributed by atoms with Crippen LogP contribution >= 0.6 is 0 Å². The molecule has 0 fully saturated rings. The van der Waals surface area contributed by atoms with E-state index in [2.05, 4.69) is 10.3 Å². The van der Waals surface area contributed by atoms with Gasteiger partial charge >= 0.3 is 5.97 Å². The van der Waals surface area contributed by atoms with Gasteiger partial charge in [-0.15, -0.1) is 0 Å². The summed E-state index contributed by atoms with van der Waals surface area (Å²) in [7, 11) is 0. The number of hydrogen-bond donors (Lipinski definition) is 1. The van der Waals surface area contributed by atoms with Gasteiger partial charge in [0.15, 0.2) is 6.10 Å². The number of carbonyl (C=O) groups is 2. The molecule has 0 radical (unpaired) electrons. The predicted octanol–water partition coefficient (Wildman–Crippen LogP) is 2.97. The number of rotatable bonds is 6. The van der Waals surface area contributed by atoms with Crippen molar-refractivity contribution in [3.8, 4) is 0 Å². The lowest BCUT2D eigenvalue weighted by Crippen LogP contribution is -2.31. The number of carbonyl (C=O) groups excluding carboxylic acids is 2. The summed E-state index contributed by atoms with van der Waals surface area (Å²) in [4.78, 5) is 41.2. The van der Waals surface area contributed by atoms with Gasteiger partial charge in [-0.25, -0.2) is 4.98 Å². The number of anilines is 1. The zero-order chi connectivity index (χ0) is 21.0. The Hall–Kier alpha value is -3.48. The Bertz CT molecular complexity index is 1100. The third-order valence-electron chi connectivity index (χ3n) is 4.70. The zero-order valence-corrected chi connectivity index (χ0v) is 16.6. The van der Waals surface area contributed by atoms with Gasteiger partial charge in [0, 0.05) is 12.2 Å². The number of fused-ring (bicyclic) bond motifs is 1. The molecule has 0 aliphatic rings. The Kier molecular flexibility index (Phi) is 6.07. The number of aromatic nitrogens is 2. The molecule has 0 spiro atoms. The van der Waals surface area contributed by atoms with E-state index in [0.29, 0.717) is 16.6 Å². The number of nitrogens with zero attached hydrogens (tertiary/aromatic N) is 2. The summed E-state index contributed by atoms with van der Waals surface area (Å²) in [5.41, 5.74) is 2.96. The van der Waals surface area contributed by atoms with Crippen molar-refractivity contribution in [2.75, 3.05) is 5.32 Å². The first-order valence-corrected chi connectivity index (χ1v) is 9.37. The fourth-order valence-electron chi connectivity index (χ4n) is 3.02. The Morgan fingerprint density at radius 2 is 1.79 bits per heavy atom. The van der Waals surface area contributed by atoms with Gasteiger partial charge in [0.25, 0.3) is 11.5 Å². The van der Waals surface area contributed by atoms with Crippen LogP contribution in [0.5, 0.6) is 0 Å². The SMILES string of the molecule is Cc1cccc(C)c1NC(=O)C(C)OC(=O)CCn1cnc2ccccc2c1=O. The molecule has 2 aromatic carbocycles. The summed E-state index contributed by atoms with van der Waals surface area (Å²) in [6.07, 6.45) is 0.420. The maximum Gasteiger partial charge on any atom is 0.308 e. The standard InChI is InChI=1S/C22H23N3O4/c1-14-7-6-8-15(2)20(14)24-21(27)16(3)29-19(26)11-12-25-13-23-18-10-5-4-9-17(18)22(25)28/h4-10,13,16H,11-12H2,1-3H3,(H,24,27). The molecule has 1 amide bonds. The molecule has 0 aliphatic heterocycles. The van der Waals surface area contributed by atoms with Crippen LogP contribution in [0.25, 0.3) is 10.9 Å². The molecule has 7 nitrogen and oxygen atoms in total. The summed E-state index contributed by atoms with van der Waals surface area (Å²) in [6, 6.07) is 12.7. The van der Waals surface area contributed by atoms with Crippen molar-refractivity contribution in [3.63, 3.8) is 0 Å². The van der Waals surface area contributed by atoms with Gasteiger partial charge in [0.2, 0.25) is 0 Å². The third-order valence-corrected chi connectivity index (χ3v) is 4.70. The van der Waals surface area contributed by atoms with E-state index in [1.807, 2.05) is 32.0 Å². The van der Waals surface area contributed by atoms with Crippen LogP contribution in [0.3, 0.4) is 0 Å². The molecule has 1 atom stereocenters. The van der Waals surface area contributed by atoms with Crippen LogP contribution in [-0.2, 0) is 20.9 Å². The molecule has 0 bridgehead atoms. The second-order valence-electron chi connectivity index (χ2n) is 6.90. The highest BCUT2D eigenvalue weighted by molar-refractivity contribution is 5.96. The van der Waals surface area contributed by atoms with E-state index in [4.69, 9.17) is 4.74 Å². The predicted molar refractivity (Wildman–Crippen MR) is 111 cm³/mol. The fraction of sp³-hybridized carbons (Fsp3) is 0.273. The molecule has 0 saturated carbocycles. The lowest BCUT2D eigenvalue weighted by molar-refractivity contribution is -0.153. The number of aryl methyl sites for hydroxylation is 3. The van der Waals surface area contributed by atoms with Crippen LogP contribution in [0, 0.1) is 13.8 Å². The Morgan fingerprint density at radius 3 is 2.52 bits per heavy atom. The van der Waals surface area contributed by atoms with Crippen molar-refractivity contribution in [2.24, 2.45) is 0 Å². The summed E-state index contributed by atoms with van der Waals surface area (Å²) < 4.78 is 6.59. The summed E-state index contributed by atoms with van der Waals surface area (Å²) in [6.45, 7) is 5.44. The summed E-state index contributed by atoms with van der Waals surface area (Å²) in [5.74, 6) is -0.963. The van der Waals surface area contributed by atoms with Crippen LogP contribution in [0.2, 0.25) is 0 Å². The lowest BCUT2D eigenvalue weighted by Gasteiger charge is -2.16. The van der Waals surface area contributed by atoms with Crippen molar-refractivity contribution >= 4 is 28.5 Å². The van der Waals surface area contributed by atoms with Crippen LogP contribution in [0.1, 0.15) is 24.5 Å². The number of ether oxygens (including phenoxy) is 1. The van der Waals surface area contributed by atoms with Gasteiger partial charge in [-0.2, -0.15) is 0 Å². The molecular formula is C22H23N3O4. The van der Waals surface area contributed by atoms with E-state index in [9.17, 15) is 14.4 Å². The molecule has 1 N–H and O–H groups in total. The second kappa shape index (κ2) is 8.68. The number of nitrogens with one attached hydrogen (secondary N) is 1. The smallest absolute Gasteiger partial charge is 0.308 e. The largest absolute Gasteiger partial charge is 0.452 e. The number of esters is 1. The minimum absolute atomic E-state index is 0.0407. The molecule has 1 unspecified atom stereocenters. The summed E-state index contributed by atoms with van der Waals surface area (Å²) >= 11 is 0. The summed E-state index contributed by atoms with van der Waals surface area (Å²) in [5, 5.41) is 3.30. The molecular weight excluding hydrogens is 370 g/mol. The van der Waals surface area contributed by atoms with Gasteiger partial charge in [0.05, 0.1) is 23.7 Å². The maximum absolute atomic E-state index is 12.4. The van der Waals surface area contributed by atoms with Crippen LogP contribution in [-0.4, -0.2) is 27.5 Å². The van der Waals surface area contributed by atoms with Crippen LogP contribution < -0.4 is 10.9 Å². The monoisotopic (exact) mass is 393 g/mol. The Morgan fingerprint density at radius 1 is 1.10 bits per heavy atom. The molecule has 0 saturated heterocycles. The van der Waals surface area contributed by atoms with Crippen LogP contribution in [0.4, 0.5) is 5.69 Å². The van der Waals surface area contributed by atoms with E-state index >= 15 is 0 Å². The van der Waals surface area contributed by atoms with Crippen LogP contribution in [0.15, 0.2) is 53.6 Å². The number of amides is 1. The molecule has 7 heteroatoms. The van der Waals surface area contributed by atoms with E-state index < -0.39 is 18.0 Å². The van der Waals surface area contributed by atoms with Gasteiger partial charge < -0.3 is 10.1 Å². The van der Waals surface area contributed by atoms with Crippen molar-refractivity contribution in [1.82, 2.24) is 9.55 Å². The Balaban J connectivity index is 1.58. The first kappa shape index (κ1) is 20.3. The van der Waals surface area contributed by atoms with Gasteiger partial charge in [0.1, 0.15) is 0 Å². The van der Waals surface area contributed by atoms with Gasteiger partial charge in [-0.05, 0) is 44.0 Å². The second-order valence-corrected chi connectivity index (χ2v) is 6.90. The minimum Gasteiger partial charge on any atom is -0.452 e. The zero-order valence-electron chi connectivity index (χ0n) is 16.6. The normalized spacial score (nSPS) is 11.8. The lowest BCUT2D eigenvalue weighted by atomic mass is 10.1. The number of benzene rings is 2. The fourth-order valence-corrected chi connectivity index (χ4v) is 3.02. The van der Waals surface area contributed by atoms with E-state index in [1.54, 1.807) is 24.3 Å². The molecule has 3 rings (SSSR count). The molecule has 29 heavy (non-hydrogen) atoms. The molecule has 0 aliphatic carbocycles. The topological polar surface area (TPSA) is 90.3 Å². The molecule has 1 heterocycles. The average Bonchev–Trinajstić information content (AvgIpc) is 2.70. The number of hydrogen-bond acceptors (Lipinski definition) is 5. The van der Waals surface area contributed by atoms with Gasteiger partial charge in [-0.1, -0.05) is 30.3 Å². The van der Waals surface area contributed by atoms with Crippen molar-refractivity contribution in [1.29, 1.82) is 0 Å². The van der Waals surface area contributed by atoms with Crippen molar-refractivity contribution < 1.29 is 14.3 Å². The van der Waals surface area contributed by atoms with E-state index in [1.165, 1.54) is 17.8 Å². The average molecular weight is 393 g/mol. The maximum atomic E-state index is 12.4. The molecule has 150 valence electrons. The molecule has 1 aromatic heterocycles. The Labute approximate surface area is 168 Å². The first-order chi connectivity index (χ1) is 13.9. The quantitative estimate of drug-likeness (QED) is 0.650. The van der Waals surface area contributed by atoms with E-state index in [0.717, 1.165) is 11.1 Å². The third kappa shape index (κ3) is 4.68.